The van der Waals surface area contributed by atoms with E-state index >= 15 is 0 Å². The average Bonchev–Trinajstić information content (AvgIpc) is 2.78. The van der Waals surface area contributed by atoms with Gasteiger partial charge >= 0.3 is 0 Å². The van der Waals surface area contributed by atoms with Crippen molar-refractivity contribution in [2.24, 2.45) is 5.73 Å². The maximum Gasteiger partial charge on any atom is 0.137 e. The summed E-state index contributed by atoms with van der Waals surface area (Å²) in [5, 5.41) is 0.608. The molecule has 1 aromatic carbocycles. The molecule has 2 N–H and O–H groups in total. The number of rotatable bonds is 4. The second-order valence-electron chi connectivity index (χ2n) is 3.52. The molecule has 0 amide bonds. The zero-order valence-corrected chi connectivity index (χ0v) is 11.0. The monoisotopic (exact) mass is 268 g/mol. The molecule has 0 saturated heterocycles. The quantitative estimate of drug-likeness (QED) is 0.927. The Hall–Kier alpha value is -1.10. The zero-order chi connectivity index (χ0) is 12.3. The SMILES string of the molecule is COc1ccc(-c2scnc2CCN)cc1Cl. The van der Waals surface area contributed by atoms with Crippen molar-refractivity contribution in [3.05, 3.63) is 34.4 Å². The van der Waals surface area contributed by atoms with Crippen LogP contribution in [0.5, 0.6) is 5.75 Å². The van der Waals surface area contributed by atoms with Crippen molar-refractivity contribution in [1.29, 1.82) is 0 Å². The lowest BCUT2D eigenvalue weighted by atomic mass is 10.1. The van der Waals surface area contributed by atoms with Gasteiger partial charge in [-0.25, -0.2) is 4.98 Å². The van der Waals surface area contributed by atoms with Gasteiger partial charge in [-0.05, 0) is 30.3 Å². The Labute approximate surface area is 109 Å². The van der Waals surface area contributed by atoms with Crippen molar-refractivity contribution in [2.45, 2.75) is 6.42 Å². The molecule has 0 aliphatic heterocycles. The van der Waals surface area contributed by atoms with Gasteiger partial charge in [0.2, 0.25) is 0 Å². The summed E-state index contributed by atoms with van der Waals surface area (Å²) < 4.78 is 5.13. The van der Waals surface area contributed by atoms with Crippen molar-refractivity contribution in [2.75, 3.05) is 13.7 Å². The fourth-order valence-corrected chi connectivity index (χ4v) is 2.72. The second-order valence-corrected chi connectivity index (χ2v) is 4.78. The lowest BCUT2D eigenvalue weighted by Crippen LogP contribution is -2.03. The average molecular weight is 269 g/mol. The molecule has 2 rings (SSSR count). The van der Waals surface area contributed by atoms with Crippen molar-refractivity contribution in [3.8, 4) is 16.2 Å². The van der Waals surface area contributed by atoms with Crippen LogP contribution in [0, 0.1) is 0 Å². The van der Waals surface area contributed by atoms with Gasteiger partial charge in [-0.1, -0.05) is 11.6 Å². The third-order valence-electron chi connectivity index (χ3n) is 2.44. The number of ether oxygens (including phenoxy) is 1. The molecule has 1 aromatic heterocycles. The molecule has 0 unspecified atom stereocenters. The van der Waals surface area contributed by atoms with Crippen LogP contribution in [-0.2, 0) is 6.42 Å². The number of thiazole rings is 1. The van der Waals surface area contributed by atoms with E-state index in [9.17, 15) is 0 Å². The van der Waals surface area contributed by atoms with Gasteiger partial charge in [0.1, 0.15) is 5.75 Å². The number of nitrogens with zero attached hydrogens (tertiary/aromatic N) is 1. The highest BCUT2D eigenvalue weighted by Gasteiger charge is 2.10. The predicted octanol–water partition coefficient (Wildman–Crippen LogP) is 2.97. The van der Waals surface area contributed by atoms with Crippen LogP contribution >= 0.6 is 22.9 Å². The first kappa shape index (κ1) is 12.4. The van der Waals surface area contributed by atoms with Crippen LogP contribution in [0.3, 0.4) is 0 Å². The van der Waals surface area contributed by atoms with Crippen molar-refractivity contribution >= 4 is 22.9 Å². The summed E-state index contributed by atoms with van der Waals surface area (Å²) in [6, 6.07) is 5.75. The maximum atomic E-state index is 6.11. The van der Waals surface area contributed by atoms with E-state index in [-0.39, 0.29) is 0 Å². The van der Waals surface area contributed by atoms with Crippen LogP contribution in [0.2, 0.25) is 5.02 Å². The third-order valence-corrected chi connectivity index (χ3v) is 3.65. The summed E-state index contributed by atoms with van der Waals surface area (Å²) in [5.74, 6) is 0.681. The molecule has 0 radical (unpaired) electrons. The first-order valence-electron chi connectivity index (χ1n) is 5.22. The summed E-state index contributed by atoms with van der Waals surface area (Å²) >= 11 is 7.71. The number of hydrogen-bond donors (Lipinski definition) is 1. The van der Waals surface area contributed by atoms with E-state index < -0.39 is 0 Å². The van der Waals surface area contributed by atoms with Gasteiger partial charge in [0.25, 0.3) is 0 Å². The zero-order valence-electron chi connectivity index (χ0n) is 9.44. The number of hydrogen-bond acceptors (Lipinski definition) is 4. The van der Waals surface area contributed by atoms with E-state index in [2.05, 4.69) is 4.98 Å². The van der Waals surface area contributed by atoms with Gasteiger partial charge in [0.15, 0.2) is 0 Å². The van der Waals surface area contributed by atoms with E-state index in [1.165, 1.54) is 0 Å². The molecule has 0 fully saturated rings. The number of nitrogens with two attached hydrogens (primary N) is 1. The lowest BCUT2D eigenvalue weighted by Gasteiger charge is -2.06. The van der Waals surface area contributed by atoms with Crippen molar-refractivity contribution in [1.82, 2.24) is 4.98 Å². The Morgan fingerprint density at radius 2 is 2.29 bits per heavy atom. The van der Waals surface area contributed by atoms with E-state index in [4.69, 9.17) is 22.1 Å². The second kappa shape index (κ2) is 5.49. The molecule has 0 saturated carbocycles. The molecular formula is C12H13ClN2OS. The van der Waals surface area contributed by atoms with Gasteiger partial charge in [0, 0.05) is 6.42 Å². The molecule has 0 atom stereocenters. The van der Waals surface area contributed by atoms with Crippen molar-refractivity contribution in [3.63, 3.8) is 0 Å². The summed E-state index contributed by atoms with van der Waals surface area (Å²) in [4.78, 5) is 5.44. The Balaban J connectivity index is 2.39. The molecule has 1 heterocycles. The smallest absolute Gasteiger partial charge is 0.137 e. The van der Waals surface area contributed by atoms with Crippen LogP contribution in [-0.4, -0.2) is 18.6 Å². The standard InChI is InChI=1S/C12H13ClN2OS/c1-16-11-3-2-8(6-9(11)13)12-10(4-5-14)15-7-17-12/h2-3,6-7H,4-5,14H2,1H3. The van der Waals surface area contributed by atoms with Crippen LogP contribution in [0.15, 0.2) is 23.7 Å². The normalized spacial score (nSPS) is 10.5. The van der Waals surface area contributed by atoms with Gasteiger partial charge < -0.3 is 10.5 Å². The highest BCUT2D eigenvalue weighted by atomic mass is 35.5. The first-order chi connectivity index (χ1) is 8.26. The number of aromatic nitrogens is 1. The van der Waals surface area contributed by atoms with Crippen LogP contribution in [0.25, 0.3) is 10.4 Å². The topological polar surface area (TPSA) is 48.1 Å². The molecule has 0 aliphatic carbocycles. The molecule has 3 nitrogen and oxygen atoms in total. The summed E-state index contributed by atoms with van der Waals surface area (Å²) in [5.41, 5.74) is 9.48. The molecule has 90 valence electrons. The highest BCUT2D eigenvalue weighted by molar-refractivity contribution is 7.13. The largest absolute Gasteiger partial charge is 0.495 e. The molecule has 2 aromatic rings. The molecular weight excluding hydrogens is 256 g/mol. The molecule has 17 heavy (non-hydrogen) atoms. The minimum Gasteiger partial charge on any atom is -0.495 e. The van der Waals surface area contributed by atoms with E-state index in [1.807, 2.05) is 23.7 Å². The van der Waals surface area contributed by atoms with Gasteiger partial charge in [-0.15, -0.1) is 11.3 Å². The molecule has 0 bridgehead atoms. The third kappa shape index (κ3) is 2.60. The fraction of sp³-hybridized carbons (Fsp3) is 0.250. The Morgan fingerprint density at radius 3 is 2.94 bits per heavy atom. The summed E-state index contributed by atoms with van der Waals surface area (Å²) in [6.07, 6.45) is 0.780. The van der Waals surface area contributed by atoms with Gasteiger partial charge in [0.05, 0.1) is 28.2 Å². The van der Waals surface area contributed by atoms with E-state index in [1.54, 1.807) is 18.4 Å². The number of methoxy groups -OCH3 is 1. The minimum atomic E-state index is 0.598. The highest BCUT2D eigenvalue weighted by Crippen LogP contribution is 2.33. The first-order valence-corrected chi connectivity index (χ1v) is 6.48. The fourth-order valence-electron chi connectivity index (χ4n) is 1.63. The Kier molecular flexibility index (Phi) is 3.99. The summed E-state index contributed by atoms with van der Waals surface area (Å²) in [6.45, 7) is 0.598. The molecule has 0 aliphatic rings. The maximum absolute atomic E-state index is 6.11. The van der Waals surface area contributed by atoms with Crippen LogP contribution in [0.4, 0.5) is 0 Å². The minimum absolute atomic E-state index is 0.598. The van der Waals surface area contributed by atoms with E-state index in [0.717, 1.165) is 22.6 Å². The van der Waals surface area contributed by atoms with Crippen LogP contribution < -0.4 is 10.5 Å². The Bertz CT molecular complexity index is 513. The van der Waals surface area contributed by atoms with E-state index in [0.29, 0.717) is 17.3 Å². The van der Waals surface area contributed by atoms with Gasteiger partial charge in [-0.2, -0.15) is 0 Å². The Morgan fingerprint density at radius 1 is 1.47 bits per heavy atom. The van der Waals surface area contributed by atoms with Gasteiger partial charge in [-0.3, -0.25) is 0 Å². The summed E-state index contributed by atoms with van der Waals surface area (Å²) in [7, 11) is 1.60. The number of halogens is 1. The predicted molar refractivity (Wildman–Crippen MR) is 71.9 cm³/mol. The van der Waals surface area contributed by atoms with Crippen LogP contribution in [0.1, 0.15) is 5.69 Å². The number of benzene rings is 1. The molecule has 0 spiro atoms. The molecule has 5 heteroatoms. The van der Waals surface area contributed by atoms with Crippen molar-refractivity contribution < 1.29 is 4.74 Å². The lowest BCUT2D eigenvalue weighted by molar-refractivity contribution is 0.415.